The summed E-state index contributed by atoms with van der Waals surface area (Å²) in [6.07, 6.45) is 3.29. The van der Waals surface area contributed by atoms with E-state index in [0.717, 1.165) is 25.7 Å². The number of hydrogen-bond donors (Lipinski definition) is 2. The van der Waals surface area contributed by atoms with Crippen LogP contribution in [0.1, 0.15) is 39.5 Å². The molecule has 1 aliphatic heterocycles. The summed E-state index contributed by atoms with van der Waals surface area (Å²) in [6, 6.07) is -0.661. The van der Waals surface area contributed by atoms with Crippen LogP contribution in [0.15, 0.2) is 0 Å². The Kier molecular flexibility index (Phi) is 5.59. The minimum Gasteiger partial charge on any atom is -0.480 e. The monoisotopic (exact) mass is 256 g/mol. The lowest BCUT2D eigenvalue weighted by atomic mass is 9.89. The predicted octanol–water partition coefficient (Wildman–Crippen LogP) is 1.07. The minimum atomic E-state index is -0.887. The van der Waals surface area contributed by atoms with Crippen molar-refractivity contribution in [2.75, 3.05) is 13.1 Å². The van der Waals surface area contributed by atoms with E-state index in [1.54, 1.807) is 4.90 Å². The summed E-state index contributed by atoms with van der Waals surface area (Å²) in [4.78, 5) is 25.1. The van der Waals surface area contributed by atoms with Crippen LogP contribution in [0.3, 0.4) is 0 Å². The van der Waals surface area contributed by atoms with Gasteiger partial charge in [0.1, 0.15) is 6.04 Å². The number of amides is 1. The Morgan fingerprint density at radius 3 is 2.72 bits per heavy atom. The van der Waals surface area contributed by atoms with Crippen LogP contribution < -0.4 is 5.73 Å². The molecule has 5 nitrogen and oxygen atoms in total. The lowest BCUT2D eigenvalue weighted by Gasteiger charge is -2.38. The molecular weight excluding hydrogens is 232 g/mol. The fraction of sp³-hybridized carbons (Fsp3) is 0.846. The van der Waals surface area contributed by atoms with Crippen molar-refractivity contribution in [3.05, 3.63) is 0 Å². The van der Waals surface area contributed by atoms with Gasteiger partial charge in [0.05, 0.1) is 0 Å². The van der Waals surface area contributed by atoms with Crippen LogP contribution in [0.4, 0.5) is 0 Å². The summed E-state index contributed by atoms with van der Waals surface area (Å²) in [5.74, 6) is -1.04. The van der Waals surface area contributed by atoms with Gasteiger partial charge in [-0.15, -0.1) is 0 Å². The maximum atomic E-state index is 12.3. The van der Waals surface area contributed by atoms with Crippen LogP contribution in [-0.2, 0) is 9.59 Å². The predicted molar refractivity (Wildman–Crippen MR) is 69.0 cm³/mol. The standard InChI is InChI=1S/C13H24N2O3/c1-9-6-4-8-15(11(9)13(17)18)12(16)10(2)5-3-7-14/h9-11H,3-8,14H2,1-2H3,(H,17,18). The quantitative estimate of drug-likeness (QED) is 0.770. The molecule has 3 unspecified atom stereocenters. The molecule has 1 heterocycles. The molecule has 3 N–H and O–H groups in total. The van der Waals surface area contributed by atoms with Gasteiger partial charge >= 0.3 is 5.97 Å². The van der Waals surface area contributed by atoms with Crippen LogP contribution in [0, 0.1) is 11.8 Å². The van der Waals surface area contributed by atoms with Gasteiger partial charge in [-0.25, -0.2) is 4.79 Å². The van der Waals surface area contributed by atoms with Gasteiger partial charge in [-0.1, -0.05) is 13.8 Å². The second kappa shape index (κ2) is 6.73. The number of piperidine rings is 1. The summed E-state index contributed by atoms with van der Waals surface area (Å²) in [6.45, 7) is 4.89. The van der Waals surface area contributed by atoms with Crippen molar-refractivity contribution in [1.82, 2.24) is 4.90 Å². The minimum absolute atomic E-state index is 0.0295. The molecule has 0 aromatic heterocycles. The third kappa shape index (κ3) is 3.45. The topological polar surface area (TPSA) is 83.6 Å². The molecule has 1 amide bonds. The first-order valence-corrected chi connectivity index (χ1v) is 6.72. The third-order valence-electron chi connectivity index (χ3n) is 3.73. The maximum absolute atomic E-state index is 12.3. The number of carbonyl (C=O) groups excluding carboxylic acids is 1. The molecule has 5 heteroatoms. The van der Waals surface area contributed by atoms with Gasteiger partial charge in [0.25, 0.3) is 0 Å². The largest absolute Gasteiger partial charge is 0.480 e. The van der Waals surface area contributed by atoms with E-state index in [4.69, 9.17) is 5.73 Å². The molecular formula is C13H24N2O3. The first-order chi connectivity index (χ1) is 8.49. The fourth-order valence-corrected chi connectivity index (χ4v) is 2.64. The molecule has 1 saturated heterocycles. The molecule has 0 radical (unpaired) electrons. The highest BCUT2D eigenvalue weighted by atomic mass is 16.4. The van der Waals surface area contributed by atoms with E-state index in [0.29, 0.717) is 13.1 Å². The number of nitrogens with zero attached hydrogens (tertiary/aromatic N) is 1. The van der Waals surface area contributed by atoms with Gasteiger partial charge in [-0.05, 0) is 38.1 Å². The van der Waals surface area contributed by atoms with Crippen molar-refractivity contribution in [2.24, 2.45) is 17.6 Å². The summed E-state index contributed by atoms with van der Waals surface area (Å²) in [5.41, 5.74) is 5.43. The van der Waals surface area contributed by atoms with Crippen molar-refractivity contribution in [3.8, 4) is 0 Å². The Labute approximate surface area is 108 Å². The van der Waals surface area contributed by atoms with E-state index in [1.165, 1.54) is 0 Å². The van der Waals surface area contributed by atoms with Crippen molar-refractivity contribution >= 4 is 11.9 Å². The van der Waals surface area contributed by atoms with Gasteiger partial charge in [-0.2, -0.15) is 0 Å². The smallest absolute Gasteiger partial charge is 0.326 e. The van der Waals surface area contributed by atoms with Crippen molar-refractivity contribution < 1.29 is 14.7 Å². The average molecular weight is 256 g/mol. The Bertz CT molecular complexity index is 307. The molecule has 0 bridgehead atoms. The van der Waals surface area contributed by atoms with Crippen molar-refractivity contribution in [3.63, 3.8) is 0 Å². The second-order valence-corrected chi connectivity index (χ2v) is 5.27. The zero-order valence-electron chi connectivity index (χ0n) is 11.3. The molecule has 3 atom stereocenters. The first kappa shape index (κ1) is 15.0. The van der Waals surface area contributed by atoms with Crippen LogP contribution >= 0.6 is 0 Å². The molecule has 0 saturated carbocycles. The highest BCUT2D eigenvalue weighted by molar-refractivity contribution is 5.85. The van der Waals surface area contributed by atoms with Gasteiger partial charge in [-0.3, -0.25) is 4.79 Å². The van der Waals surface area contributed by atoms with E-state index in [-0.39, 0.29) is 17.7 Å². The first-order valence-electron chi connectivity index (χ1n) is 6.72. The molecule has 0 spiro atoms. The van der Waals surface area contributed by atoms with Crippen molar-refractivity contribution in [1.29, 1.82) is 0 Å². The van der Waals surface area contributed by atoms with Crippen molar-refractivity contribution in [2.45, 2.75) is 45.6 Å². The Hall–Kier alpha value is -1.10. The van der Waals surface area contributed by atoms with Gasteiger partial charge in [0, 0.05) is 12.5 Å². The highest BCUT2D eigenvalue weighted by Crippen LogP contribution is 2.25. The van der Waals surface area contributed by atoms with E-state index >= 15 is 0 Å². The molecule has 104 valence electrons. The summed E-state index contributed by atoms with van der Waals surface area (Å²) in [7, 11) is 0. The lowest BCUT2D eigenvalue weighted by Crippen LogP contribution is -2.53. The van der Waals surface area contributed by atoms with E-state index in [2.05, 4.69) is 0 Å². The molecule has 0 aromatic carbocycles. The van der Waals surface area contributed by atoms with Crippen LogP contribution in [-0.4, -0.2) is 41.0 Å². The number of hydrogen-bond acceptors (Lipinski definition) is 3. The van der Waals surface area contributed by atoms with Crippen LogP contribution in [0.2, 0.25) is 0 Å². The summed E-state index contributed by atoms with van der Waals surface area (Å²) < 4.78 is 0. The zero-order valence-corrected chi connectivity index (χ0v) is 11.3. The molecule has 0 aromatic rings. The third-order valence-corrected chi connectivity index (χ3v) is 3.73. The zero-order chi connectivity index (χ0) is 13.7. The molecule has 1 fully saturated rings. The fourth-order valence-electron chi connectivity index (χ4n) is 2.64. The number of rotatable bonds is 5. The Morgan fingerprint density at radius 1 is 1.50 bits per heavy atom. The second-order valence-electron chi connectivity index (χ2n) is 5.27. The van der Waals surface area contributed by atoms with E-state index in [1.807, 2.05) is 13.8 Å². The molecule has 1 rings (SSSR count). The number of nitrogens with two attached hydrogens (primary N) is 1. The SMILES string of the molecule is CC(CCCN)C(=O)N1CCCC(C)C1C(=O)O. The lowest BCUT2D eigenvalue weighted by molar-refractivity contribution is -0.156. The number of likely N-dealkylation sites (tertiary alicyclic amines) is 1. The van der Waals surface area contributed by atoms with E-state index in [9.17, 15) is 14.7 Å². The number of aliphatic carboxylic acids is 1. The van der Waals surface area contributed by atoms with Gasteiger partial charge in [0.15, 0.2) is 0 Å². The van der Waals surface area contributed by atoms with Crippen LogP contribution in [0.5, 0.6) is 0 Å². The maximum Gasteiger partial charge on any atom is 0.326 e. The number of carboxylic acids is 1. The average Bonchev–Trinajstić information content (AvgIpc) is 2.34. The summed E-state index contributed by atoms with van der Waals surface area (Å²) >= 11 is 0. The molecule has 0 aliphatic carbocycles. The van der Waals surface area contributed by atoms with Crippen LogP contribution in [0.25, 0.3) is 0 Å². The normalized spacial score (nSPS) is 25.8. The summed E-state index contributed by atoms with van der Waals surface area (Å²) in [5, 5.41) is 9.27. The van der Waals surface area contributed by atoms with E-state index < -0.39 is 12.0 Å². The highest BCUT2D eigenvalue weighted by Gasteiger charge is 2.38. The molecule has 18 heavy (non-hydrogen) atoms. The number of carboxylic acid groups (broad SMARTS) is 1. The molecule has 1 aliphatic rings. The Morgan fingerprint density at radius 2 is 2.17 bits per heavy atom. The van der Waals surface area contributed by atoms with Gasteiger partial charge < -0.3 is 15.7 Å². The Balaban J connectivity index is 2.71. The van der Waals surface area contributed by atoms with Gasteiger partial charge in [0.2, 0.25) is 5.91 Å². The number of carbonyl (C=O) groups is 2.